The van der Waals surface area contributed by atoms with Gasteiger partial charge in [0.1, 0.15) is 74.9 Å². The summed E-state index contributed by atoms with van der Waals surface area (Å²) in [5.74, 6) is -5.97. The van der Waals surface area contributed by atoms with Crippen LogP contribution in [0.1, 0.15) is 61.9 Å². The quantitative estimate of drug-likeness (QED) is 0.0963. The van der Waals surface area contributed by atoms with Gasteiger partial charge in [-0.3, -0.25) is 9.35 Å². The fourth-order valence-corrected chi connectivity index (χ4v) is 5.85. The van der Waals surface area contributed by atoms with Gasteiger partial charge in [-0.1, -0.05) is 68.4 Å². The van der Waals surface area contributed by atoms with Gasteiger partial charge in [0.2, 0.25) is 6.10 Å². The molecular formula is C28H38B5F3O10S. The molecule has 10 nitrogen and oxygen atoms in total. The van der Waals surface area contributed by atoms with E-state index < -0.39 is 64.7 Å². The first kappa shape index (κ1) is 39.9. The summed E-state index contributed by atoms with van der Waals surface area (Å²) in [5.41, 5.74) is 0.860. The third-order valence-corrected chi connectivity index (χ3v) is 8.90. The molecule has 0 spiro atoms. The standard InChI is InChI=1S/C28H38B5F3O10S/c1-2-27(26(40)46-20(28(34,35)36)12-47(41,42)43,14-45-25(39)22-17(9-31)5-6-18(10-32)23(22)37)13-44-24(38)21-16(8-30)4-3-15(7-29)19(21)11-33/h3-6,20,37H,2,7-14,29-33H2,1H3,(H,41,42,43). The van der Waals surface area contributed by atoms with E-state index in [9.17, 15) is 41.1 Å². The Hall–Kier alpha value is -3.33. The number of esters is 3. The predicted octanol–water partition coefficient (Wildman–Crippen LogP) is -1.17. The van der Waals surface area contributed by atoms with Gasteiger partial charge in [0.15, 0.2) is 0 Å². The van der Waals surface area contributed by atoms with Crippen LogP contribution in [0.3, 0.4) is 0 Å². The molecule has 0 fully saturated rings. The highest BCUT2D eigenvalue weighted by molar-refractivity contribution is 7.85. The SMILES string of the molecule is BCc1ccc(CB)c(C(=O)OCC(CC)(COC(=O)c2c(CB)ccc(CB)c2CB)C(=O)OC(CS(=O)(=O)O)C(F)(F)F)c1O. The van der Waals surface area contributed by atoms with E-state index in [1.54, 1.807) is 33.9 Å². The van der Waals surface area contributed by atoms with Crippen LogP contribution in [0.15, 0.2) is 24.3 Å². The predicted molar refractivity (Wildman–Crippen MR) is 181 cm³/mol. The van der Waals surface area contributed by atoms with E-state index in [-0.39, 0.29) is 23.3 Å². The highest BCUT2D eigenvalue weighted by Gasteiger charge is 2.50. The zero-order chi connectivity index (χ0) is 35.7. The third kappa shape index (κ3) is 9.85. The highest BCUT2D eigenvalue weighted by Crippen LogP contribution is 2.33. The Morgan fingerprint density at radius 2 is 1.23 bits per heavy atom. The van der Waals surface area contributed by atoms with E-state index in [0.29, 0.717) is 53.9 Å². The lowest BCUT2D eigenvalue weighted by Gasteiger charge is -2.32. The normalized spacial score (nSPS) is 13.7. The van der Waals surface area contributed by atoms with Crippen molar-refractivity contribution in [3.05, 3.63) is 63.2 Å². The molecule has 0 saturated carbocycles. The van der Waals surface area contributed by atoms with E-state index in [1.165, 1.54) is 6.92 Å². The number of benzene rings is 2. The molecule has 0 aliphatic rings. The van der Waals surface area contributed by atoms with Crippen molar-refractivity contribution in [2.24, 2.45) is 5.41 Å². The number of carbonyl (C=O) groups is 3. The monoisotopic (exact) mass is 678 g/mol. The molecule has 252 valence electrons. The van der Waals surface area contributed by atoms with Gasteiger partial charge < -0.3 is 19.3 Å². The van der Waals surface area contributed by atoms with Crippen molar-refractivity contribution in [1.82, 2.24) is 0 Å². The van der Waals surface area contributed by atoms with Crippen LogP contribution in [0.4, 0.5) is 13.2 Å². The number of carbonyl (C=O) groups excluding carboxylic acids is 3. The van der Waals surface area contributed by atoms with E-state index in [2.05, 4.69) is 4.74 Å². The van der Waals surface area contributed by atoms with Crippen molar-refractivity contribution in [2.75, 3.05) is 19.0 Å². The van der Waals surface area contributed by atoms with Gasteiger partial charge in [0.05, 0.1) is 5.56 Å². The van der Waals surface area contributed by atoms with Crippen LogP contribution in [-0.2, 0) is 60.7 Å². The molecule has 0 amide bonds. The number of aromatic hydroxyl groups is 1. The minimum Gasteiger partial charge on any atom is -0.507 e. The van der Waals surface area contributed by atoms with Crippen LogP contribution in [0.5, 0.6) is 5.75 Å². The molecule has 2 N–H and O–H groups in total. The summed E-state index contributed by atoms with van der Waals surface area (Å²) >= 11 is 0. The summed E-state index contributed by atoms with van der Waals surface area (Å²) in [4.78, 5) is 40.5. The van der Waals surface area contributed by atoms with Gasteiger partial charge in [-0.15, -0.1) is 0 Å². The Bertz CT molecular complexity index is 1570. The number of phenols is 1. The van der Waals surface area contributed by atoms with Gasteiger partial charge in [0, 0.05) is 0 Å². The van der Waals surface area contributed by atoms with Crippen LogP contribution in [0.25, 0.3) is 0 Å². The average Bonchev–Trinajstić information content (AvgIpc) is 3.02. The average molecular weight is 678 g/mol. The molecule has 2 aromatic carbocycles. The minimum absolute atomic E-state index is 0.196. The molecule has 0 heterocycles. The number of hydrogen-bond acceptors (Lipinski definition) is 9. The van der Waals surface area contributed by atoms with Gasteiger partial charge in [-0.25, -0.2) is 9.59 Å². The number of phenolic OH excluding ortho intramolecular Hbond substituents is 1. The Morgan fingerprint density at radius 1 is 0.787 bits per heavy atom. The van der Waals surface area contributed by atoms with Crippen LogP contribution in [-0.4, -0.2) is 106 Å². The van der Waals surface area contributed by atoms with Crippen molar-refractivity contribution < 1.29 is 59.8 Å². The van der Waals surface area contributed by atoms with Gasteiger partial charge >= 0.3 is 24.1 Å². The Labute approximate surface area is 277 Å². The summed E-state index contributed by atoms with van der Waals surface area (Å²) in [5, 5.41) is 10.8. The second-order valence-electron chi connectivity index (χ2n) is 11.1. The van der Waals surface area contributed by atoms with E-state index in [1.807, 2.05) is 29.6 Å². The van der Waals surface area contributed by atoms with E-state index in [0.717, 1.165) is 5.56 Å². The van der Waals surface area contributed by atoms with E-state index >= 15 is 0 Å². The zero-order valence-electron chi connectivity index (χ0n) is 27.5. The van der Waals surface area contributed by atoms with Crippen molar-refractivity contribution in [1.29, 1.82) is 0 Å². The molecular weight excluding hydrogens is 639 g/mol. The first-order valence-corrected chi connectivity index (χ1v) is 17.1. The fourth-order valence-electron chi connectivity index (χ4n) is 5.21. The van der Waals surface area contributed by atoms with Crippen LogP contribution >= 0.6 is 0 Å². The topological polar surface area (TPSA) is 153 Å². The number of ether oxygens (including phenoxy) is 3. The Balaban J connectivity index is 2.59. The zero-order valence-corrected chi connectivity index (χ0v) is 28.3. The maximum absolute atomic E-state index is 13.8. The van der Waals surface area contributed by atoms with Crippen LogP contribution in [0.2, 0.25) is 0 Å². The van der Waals surface area contributed by atoms with Crippen molar-refractivity contribution in [2.45, 2.75) is 57.2 Å². The molecule has 0 radical (unpaired) electrons. The number of hydrogen-bond donors (Lipinski definition) is 2. The maximum Gasteiger partial charge on any atom is 0.426 e. The second-order valence-corrected chi connectivity index (χ2v) is 12.6. The summed E-state index contributed by atoms with van der Waals surface area (Å²) in [7, 11) is 3.78. The van der Waals surface area contributed by atoms with E-state index in [4.69, 9.17) is 14.0 Å². The van der Waals surface area contributed by atoms with Gasteiger partial charge in [-0.05, 0) is 28.7 Å². The smallest absolute Gasteiger partial charge is 0.426 e. The lowest BCUT2D eigenvalue weighted by molar-refractivity contribution is -0.223. The number of alkyl halides is 3. The second kappa shape index (κ2) is 16.7. The first-order chi connectivity index (χ1) is 21.9. The molecule has 19 heteroatoms. The van der Waals surface area contributed by atoms with Crippen LogP contribution < -0.4 is 0 Å². The molecule has 0 aliphatic heterocycles. The lowest BCUT2D eigenvalue weighted by atomic mass is 9.80. The lowest BCUT2D eigenvalue weighted by Crippen LogP contribution is -2.48. The van der Waals surface area contributed by atoms with Crippen LogP contribution in [0, 0.1) is 5.41 Å². The van der Waals surface area contributed by atoms with Gasteiger partial charge in [-0.2, -0.15) is 21.6 Å². The molecule has 2 rings (SSSR count). The summed E-state index contributed by atoms with van der Waals surface area (Å²) < 4.78 is 88.7. The molecule has 2 atom stereocenters. The number of halogens is 3. The number of rotatable bonds is 16. The molecule has 47 heavy (non-hydrogen) atoms. The summed E-state index contributed by atoms with van der Waals surface area (Å²) in [6, 6.07) is 6.90. The molecule has 2 unspecified atom stereocenters. The van der Waals surface area contributed by atoms with Gasteiger partial charge in [0.25, 0.3) is 10.1 Å². The highest BCUT2D eigenvalue weighted by atomic mass is 32.2. The fraction of sp³-hybridized carbons (Fsp3) is 0.464. The molecule has 0 aromatic heterocycles. The third-order valence-electron chi connectivity index (χ3n) is 8.17. The first-order valence-electron chi connectivity index (χ1n) is 15.5. The Morgan fingerprint density at radius 3 is 1.66 bits per heavy atom. The largest absolute Gasteiger partial charge is 0.507 e. The summed E-state index contributed by atoms with van der Waals surface area (Å²) in [6.45, 7) is -0.511. The molecule has 0 bridgehead atoms. The summed E-state index contributed by atoms with van der Waals surface area (Å²) in [6.07, 6.45) is -6.89. The Kier molecular flexibility index (Phi) is 14.1. The minimum atomic E-state index is -5.41. The van der Waals surface area contributed by atoms with Crippen molar-refractivity contribution >= 4 is 67.3 Å². The maximum atomic E-state index is 13.8. The van der Waals surface area contributed by atoms with Crippen molar-refractivity contribution in [3.63, 3.8) is 0 Å². The molecule has 0 saturated heterocycles. The van der Waals surface area contributed by atoms with Crippen molar-refractivity contribution in [3.8, 4) is 5.75 Å². The molecule has 0 aliphatic carbocycles. The molecule has 2 aromatic rings.